The van der Waals surface area contributed by atoms with Crippen LogP contribution in [-0.4, -0.2) is 61.7 Å². The Morgan fingerprint density at radius 3 is 3.07 bits per heavy atom. The number of aliphatic hydroxyl groups is 2. The Hall–Kier alpha value is -2.78. The molecule has 1 fully saturated rings. The number of esters is 1. The zero-order chi connectivity index (χ0) is 23.3. The van der Waals surface area contributed by atoms with Crippen molar-refractivity contribution in [2.75, 3.05) is 6.56 Å². The highest BCUT2D eigenvalue weighted by molar-refractivity contribution is 5.76. The van der Waals surface area contributed by atoms with E-state index in [4.69, 9.17) is 24.7 Å². The number of rotatable bonds is 5. The van der Waals surface area contributed by atoms with E-state index < -0.39 is 42.5 Å². The molecule has 28 heavy (non-hydrogen) atoms. The van der Waals surface area contributed by atoms with E-state index in [0.717, 1.165) is 16.9 Å². The molecule has 0 unspecified atom stereocenters. The molecule has 5 atom stereocenters. The van der Waals surface area contributed by atoms with Crippen LogP contribution in [-0.2, 0) is 19.9 Å². The average molecular weight is 393 g/mol. The molecule has 0 bridgehead atoms. The number of aromatic amines is 1. The van der Waals surface area contributed by atoms with Gasteiger partial charge in [-0.3, -0.25) is 19.8 Å². The maximum atomic E-state index is 12.4. The fourth-order valence-electron chi connectivity index (χ4n) is 2.99. The highest BCUT2D eigenvalue weighted by Crippen LogP contribution is 2.41. The minimum absolute atomic E-state index is 0.0336. The Balaban J connectivity index is 2.14. The molecule has 0 saturated carbocycles. The number of aliphatic hydroxyl groups excluding tert-OH is 1. The van der Waals surface area contributed by atoms with Crippen molar-refractivity contribution in [2.45, 2.75) is 43.8 Å². The van der Waals surface area contributed by atoms with E-state index >= 15 is 0 Å². The molecule has 1 aliphatic rings. The molecule has 0 aliphatic carbocycles. The summed E-state index contributed by atoms with van der Waals surface area (Å²) >= 11 is 0. The van der Waals surface area contributed by atoms with Gasteiger partial charge in [-0.15, -0.1) is 0 Å². The fourth-order valence-corrected chi connectivity index (χ4v) is 2.99. The molecule has 3 heterocycles. The van der Waals surface area contributed by atoms with Gasteiger partial charge in [0.15, 0.2) is 11.6 Å². The predicted molar refractivity (Wildman–Crippen MR) is 93.3 cm³/mol. The van der Waals surface area contributed by atoms with Gasteiger partial charge in [-0.1, -0.05) is 13.8 Å². The summed E-state index contributed by atoms with van der Waals surface area (Å²) in [6.07, 6.45) is -4.61. The molecule has 1 aliphatic heterocycles. The minimum atomic E-state index is -3.12. The van der Waals surface area contributed by atoms with Crippen molar-refractivity contribution in [3.8, 4) is 6.07 Å². The molecule has 0 aromatic carbocycles. The summed E-state index contributed by atoms with van der Waals surface area (Å²) < 4.78 is 35.2. The Labute approximate surface area is 164 Å². The maximum Gasteiger partial charge on any atom is 0.323 e. The monoisotopic (exact) mass is 393 g/mol. The lowest BCUT2D eigenvalue weighted by atomic mass is 9.92. The third kappa shape index (κ3) is 2.96. The second-order valence-corrected chi connectivity index (χ2v) is 6.72. The van der Waals surface area contributed by atoms with Crippen molar-refractivity contribution in [2.24, 2.45) is 11.7 Å². The predicted octanol–water partition coefficient (Wildman–Crippen LogP) is -1.49. The van der Waals surface area contributed by atoms with Crippen LogP contribution in [0.4, 0.5) is 0 Å². The summed E-state index contributed by atoms with van der Waals surface area (Å²) in [5.74, 6) is -1.31. The topological polar surface area (TPSA) is 183 Å². The van der Waals surface area contributed by atoms with E-state index in [1.54, 1.807) is 19.9 Å². The molecule has 0 spiro atoms. The molecule has 6 N–H and O–H groups in total. The second kappa shape index (κ2) is 7.33. The number of carbonyl (C=O) groups is 1. The number of hydrogen-bond acceptors (Lipinski definition) is 9. The second-order valence-electron chi connectivity index (χ2n) is 6.72. The van der Waals surface area contributed by atoms with Gasteiger partial charge >= 0.3 is 5.97 Å². The van der Waals surface area contributed by atoms with E-state index in [9.17, 15) is 20.3 Å². The van der Waals surface area contributed by atoms with Gasteiger partial charge in [0.2, 0.25) is 5.60 Å². The van der Waals surface area contributed by atoms with E-state index in [1.807, 2.05) is 0 Å². The Kier molecular flexibility index (Phi) is 4.24. The van der Waals surface area contributed by atoms with Crippen molar-refractivity contribution in [1.82, 2.24) is 14.6 Å². The van der Waals surface area contributed by atoms with Crippen LogP contribution in [0.1, 0.15) is 23.7 Å². The molecule has 11 nitrogen and oxygen atoms in total. The largest absolute Gasteiger partial charge is 0.455 e. The smallest absolute Gasteiger partial charge is 0.323 e. The fraction of sp³-hybridized carbons (Fsp3) is 0.529. The van der Waals surface area contributed by atoms with Crippen molar-refractivity contribution in [3.63, 3.8) is 0 Å². The third-order valence-corrected chi connectivity index (χ3v) is 4.67. The van der Waals surface area contributed by atoms with Gasteiger partial charge in [0, 0.05) is 0 Å². The summed E-state index contributed by atoms with van der Waals surface area (Å²) in [4.78, 5) is 16.1. The first-order valence-corrected chi connectivity index (χ1v) is 8.41. The molecular formula is C17H22N6O5. The number of nitrogens with one attached hydrogen (secondary N) is 2. The van der Waals surface area contributed by atoms with Crippen LogP contribution in [0.15, 0.2) is 18.4 Å². The van der Waals surface area contributed by atoms with Crippen LogP contribution in [0.5, 0.6) is 0 Å². The highest BCUT2D eigenvalue weighted by atomic mass is 16.6. The number of carbonyl (C=O) groups excluding carboxylic acids is 1. The number of nitriles is 1. The van der Waals surface area contributed by atoms with Gasteiger partial charge in [0.1, 0.15) is 36.2 Å². The van der Waals surface area contributed by atoms with Crippen LogP contribution >= 0.6 is 0 Å². The summed E-state index contributed by atoms with van der Waals surface area (Å²) in [5, 5.41) is 41.4. The number of nitrogens with zero attached hydrogens (tertiary/aromatic N) is 3. The molecule has 2 aromatic rings. The third-order valence-electron chi connectivity index (χ3n) is 4.67. The molecule has 0 radical (unpaired) electrons. The summed E-state index contributed by atoms with van der Waals surface area (Å²) in [6, 6.07) is 1.55. The number of nitrogens with two attached hydrogens (primary N) is 1. The first kappa shape index (κ1) is 16.2. The van der Waals surface area contributed by atoms with E-state index in [0.29, 0.717) is 0 Å². The normalized spacial score (nSPS) is 30.5. The number of ether oxygens (including phenoxy) is 2. The molecule has 11 heteroatoms. The van der Waals surface area contributed by atoms with Crippen molar-refractivity contribution in [3.05, 3.63) is 29.6 Å². The summed E-state index contributed by atoms with van der Waals surface area (Å²) in [6.45, 7) is 0.191. The molecule has 3 rings (SSSR count). The summed E-state index contributed by atoms with van der Waals surface area (Å²) in [7, 11) is 0. The first-order chi connectivity index (χ1) is 14.3. The van der Waals surface area contributed by atoms with Crippen molar-refractivity contribution in [1.29, 1.82) is 10.7 Å². The van der Waals surface area contributed by atoms with Crippen LogP contribution in [0, 0.1) is 22.7 Å². The lowest BCUT2D eigenvalue weighted by Crippen LogP contribution is -2.46. The number of aromatic nitrogens is 3. The SMILES string of the molecule is [2H]c1cc([C@]2(C#N)O[C@H](C([2H])([2H])O)[C@@H](OC(=O)[C@@H](N)C(C)C)[C@H]2O)n2[nH]cnc(=N)c12. The van der Waals surface area contributed by atoms with Crippen LogP contribution in [0.2, 0.25) is 0 Å². The minimum Gasteiger partial charge on any atom is -0.455 e. The molecule has 150 valence electrons. The molecule has 0 amide bonds. The first-order valence-electron chi connectivity index (χ1n) is 9.91. The Morgan fingerprint density at radius 1 is 1.75 bits per heavy atom. The molecule has 2 aromatic heterocycles. The van der Waals surface area contributed by atoms with E-state index in [1.165, 1.54) is 0 Å². The lowest BCUT2D eigenvalue weighted by Gasteiger charge is -2.25. The van der Waals surface area contributed by atoms with E-state index in [-0.39, 0.29) is 28.7 Å². The quantitative estimate of drug-likeness (QED) is 0.380. The van der Waals surface area contributed by atoms with Gasteiger partial charge < -0.3 is 25.4 Å². The van der Waals surface area contributed by atoms with Crippen LogP contribution in [0.25, 0.3) is 5.52 Å². The van der Waals surface area contributed by atoms with Gasteiger partial charge in [-0.05, 0) is 18.0 Å². The van der Waals surface area contributed by atoms with Crippen molar-refractivity contribution < 1.29 is 28.6 Å². The Bertz CT molecular complexity index is 1110. The van der Waals surface area contributed by atoms with Gasteiger partial charge in [0.05, 0.1) is 16.4 Å². The Morgan fingerprint density at radius 2 is 2.46 bits per heavy atom. The summed E-state index contributed by atoms with van der Waals surface area (Å²) in [5.41, 5.74) is 2.91. The standard InChI is InChI=1S/C17H22N6O5/c1-8(2)12(19)16(26)27-13-10(5-24)28-17(6-18,14(13)25)11-4-3-9-15(20)21-7-22-23(9)11/h3-4,7-8,10,12-14,24-25H,5,19H2,1-2H3,(H2,20,21,22)/t10-,12+,13-,14-,17+/m1/s1/i3D,5D2. The van der Waals surface area contributed by atoms with Gasteiger partial charge in [-0.25, -0.2) is 4.98 Å². The molecular weight excluding hydrogens is 368 g/mol. The number of fused-ring (bicyclic) bond motifs is 1. The lowest BCUT2D eigenvalue weighted by molar-refractivity contribution is -0.159. The van der Waals surface area contributed by atoms with E-state index in [2.05, 4.69) is 10.1 Å². The number of hydrogen-bond donors (Lipinski definition) is 5. The van der Waals surface area contributed by atoms with Crippen molar-refractivity contribution >= 4 is 11.5 Å². The highest BCUT2D eigenvalue weighted by Gasteiger charge is 2.59. The average Bonchev–Trinajstić information content (AvgIpc) is 3.17. The zero-order valence-corrected chi connectivity index (χ0v) is 15.1. The zero-order valence-electron chi connectivity index (χ0n) is 18.1. The van der Waals surface area contributed by atoms with Gasteiger partial charge in [0.25, 0.3) is 0 Å². The van der Waals surface area contributed by atoms with Crippen LogP contribution < -0.4 is 11.2 Å². The van der Waals surface area contributed by atoms with Crippen LogP contribution in [0.3, 0.4) is 0 Å². The van der Waals surface area contributed by atoms with Gasteiger partial charge in [-0.2, -0.15) is 5.26 Å². The maximum absolute atomic E-state index is 12.4. The number of H-pyrrole nitrogens is 1. The molecule has 1 saturated heterocycles.